The minimum Gasteiger partial charge on any atom is -0.493 e. The van der Waals surface area contributed by atoms with Crippen molar-refractivity contribution in [3.8, 4) is 11.5 Å². The molecule has 6 nitrogen and oxygen atoms in total. The Kier molecular flexibility index (Phi) is 5.69. The molecule has 0 aliphatic carbocycles. The van der Waals surface area contributed by atoms with Gasteiger partial charge in [0.05, 0.1) is 18.1 Å². The molecular formula is C17H22N2O4S. The van der Waals surface area contributed by atoms with Crippen molar-refractivity contribution in [2.24, 2.45) is 0 Å². The van der Waals surface area contributed by atoms with Gasteiger partial charge in [-0.05, 0) is 55.8 Å². The molecule has 24 heavy (non-hydrogen) atoms. The van der Waals surface area contributed by atoms with Crippen LogP contribution >= 0.6 is 0 Å². The highest BCUT2D eigenvalue weighted by molar-refractivity contribution is 7.89. The number of sulfonamides is 1. The van der Waals surface area contributed by atoms with E-state index in [2.05, 4.69) is 4.72 Å². The summed E-state index contributed by atoms with van der Waals surface area (Å²) in [6.07, 6.45) is 0.0220. The van der Waals surface area contributed by atoms with E-state index in [4.69, 9.17) is 15.2 Å². The van der Waals surface area contributed by atoms with Crippen LogP contribution in [0.5, 0.6) is 11.5 Å². The Bertz CT molecular complexity index is 787. The fraction of sp³-hybridized carbons (Fsp3) is 0.294. The Hall–Kier alpha value is -2.25. The summed E-state index contributed by atoms with van der Waals surface area (Å²) in [4.78, 5) is 0.170. The monoisotopic (exact) mass is 350 g/mol. The maximum atomic E-state index is 12.3. The molecule has 0 spiro atoms. The van der Waals surface area contributed by atoms with Gasteiger partial charge in [-0.3, -0.25) is 0 Å². The van der Waals surface area contributed by atoms with Crippen LogP contribution in [-0.4, -0.2) is 21.6 Å². The van der Waals surface area contributed by atoms with Crippen molar-refractivity contribution in [1.82, 2.24) is 4.72 Å². The molecule has 0 atom stereocenters. The Morgan fingerprint density at radius 3 is 2.33 bits per heavy atom. The van der Waals surface area contributed by atoms with Crippen molar-refractivity contribution in [3.05, 3.63) is 48.0 Å². The molecule has 2 aromatic rings. The quantitative estimate of drug-likeness (QED) is 0.749. The molecule has 2 aromatic carbocycles. The average Bonchev–Trinajstić information content (AvgIpc) is 2.54. The third kappa shape index (κ3) is 4.62. The maximum Gasteiger partial charge on any atom is 0.240 e. The van der Waals surface area contributed by atoms with E-state index in [1.54, 1.807) is 37.4 Å². The predicted octanol–water partition coefficient (Wildman–Crippen LogP) is 2.54. The van der Waals surface area contributed by atoms with Crippen LogP contribution in [-0.2, 0) is 16.6 Å². The van der Waals surface area contributed by atoms with Gasteiger partial charge in [-0.15, -0.1) is 0 Å². The molecule has 7 heteroatoms. The van der Waals surface area contributed by atoms with Crippen molar-refractivity contribution < 1.29 is 17.9 Å². The number of benzene rings is 2. The second-order valence-electron chi connectivity index (χ2n) is 5.55. The number of hydrogen-bond acceptors (Lipinski definition) is 5. The molecule has 0 heterocycles. The van der Waals surface area contributed by atoms with E-state index in [0.717, 1.165) is 5.56 Å². The van der Waals surface area contributed by atoms with E-state index < -0.39 is 10.0 Å². The largest absolute Gasteiger partial charge is 0.493 e. The Morgan fingerprint density at radius 1 is 1.08 bits per heavy atom. The molecule has 0 radical (unpaired) electrons. The van der Waals surface area contributed by atoms with E-state index in [0.29, 0.717) is 17.2 Å². The van der Waals surface area contributed by atoms with Crippen LogP contribution in [0.3, 0.4) is 0 Å². The number of rotatable bonds is 7. The van der Waals surface area contributed by atoms with Crippen LogP contribution in [0.2, 0.25) is 0 Å². The number of nitrogens with one attached hydrogen (secondary N) is 1. The van der Waals surface area contributed by atoms with Crippen molar-refractivity contribution >= 4 is 15.7 Å². The number of ether oxygens (including phenoxy) is 2. The fourth-order valence-electron chi connectivity index (χ4n) is 2.08. The molecule has 0 amide bonds. The van der Waals surface area contributed by atoms with E-state index in [-0.39, 0.29) is 17.5 Å². The van der Waals surface area contributed by atoms with Gasteiger partial charge in [0.25, 0.3) is 0 Å². The molecule has 3 N–H and O–H groups in total. The zero-order valence-electron chi connectivity index (χ0n) is 13.9. The fourth-order valence-corrected chi connectivity index (χ4v) is 3.10. The SMILES string of the molecule is COc1cc(CNS(=O)(=O)c2ccc(N)cc2)ccc1OC(C)C. The van der Waals surface area contributed by atoms with E-state index in [1.807, 2.05) is 13.8 Å². The molecule has 0 aliphatic rings. The second kappa shape index (κ2) is 7.55. The van der Waals surface area contributed by atoms with Gasteiger partial charge in [-0.25, -0.2) is 13.1 Å². The van der Waals surface area contributed by atoms with Crippen molar-refractivity contribution in [1.29, 1.82) is 0 Å². The number of nitrogens with two attached hydrogens (primary N) is 1. The van der Waals surface area contributed by atoms with Gasteiger partial charge < -0.3 is 15.2 Å². The lowest BCUT2D eigenvalue weighted by atomic mass is 10.2. The lowest BCUT2D eigenvalue weighted by molar-refractivity contribution is 0.230. The third-order valence-corrected chi connectivity index (χ3v) is 4.66. The Labute approximate surface area is 142 Å². The normalized spacial score (nSPS) is 11.5. The molecule has 0 unspecified atom stereocenters. The van der Waals surface area contributed by atoms with Crippen LogP contribution in [0.25, 0.3) is 0 Å². The van der Waals surface area contributed by atoms with Gasteiger partial charge >= 0.3 is 0 Å². The van der Waals surface area contributed by atoms with Gasteiger partial charge in [0.1, 0.15) is 0 Å². The number of hydrogen-bond donors (Lipinski definition) is 2. The van der Waals surface area contributed by atoms with Crippen molar-refractivity contribution in [2.75, 3.05) is 12.8 Å². The first-order valence-electron chi connectivity index (χ1n) is 7.50. The van der Waals surface area contributed by atoms with E-state index in [1.165, 1.54) is 12.1 Å². The summed E-state index contributed by atoms with van der Waals surface area (Å²) in [6, 6.07) is 11.4. The van der Waals surface area contributed by atoms with Gasteiger partial charge in [-0.2, -0.15) is 0 Å². The van der Waals surface area contributed by atoms with Crippen molar-refractivity contribution in [2.45, 2.75) is 31.4 Å². The molecule has 0 saturated heterocycles. The number of anilines is 1. The summed E-state index contributed by atoms with van der Waals surface area (Å²) < 4.78 is 38.1. The lowest BCUT2D eigenvalue weighted by Gasteiger charge is -2.15. The zero-order chi connectivity index (χ0) is 17.7. The van der Waals surface area contributed by atoms with Crippen molar-refractivity contribution in [3.63, 3.8) is 0 Å². The summed E-state index contributed by atoms with van der Waals surface area (Å²) in [6.45, 7) is 3.99. The predicted molar refractivity (Wildman–Crippen MR) is 93.6 cm³/mol. The molecule has 130 valence electrons. The second-order valence-corrected chi connectivity index (χ2v) is 7.31. The summed E-state index contributed by atoms with van der Waals surface area (Å²) >= 11 is 0. The maximum absolute atomic E-state index is 12.3. The average molecular weight is 350 g/mol. The van der Waals surface area contributed by atoms with Crippen LogP contribution in [0.1, 0.15) is 19.4 Å². The molecule has 0 saturated carbocycles. The summed E-state index contributed by atoms with van der Waals surface area (Å²) in [5, 5.41) is 0. The minimum absolute atomic E-state index is 0.0220. The third-order valence-electron chi connectivity index (χ3n) is 3.25. The van der Waals surface area contributed by atoms with Crippen LogP contribution in [0, 0.1) is 0 Å². The van der Waals surface area contributed by atoms with Gasteiger partial charge in [0, 0.05) is 12.2 Å². The highest BCUT2D eigenvalue weighted by Gasteiger charge is 2.14. The first-order valence-corrected chi connectivity index (χ1v) is 8.99. The highest BCUT2D eigenvalue weighted by Crippen LogP contribution is 2.29. The van der Waals surface area contributed by atoms with E-state index in [9.17, 15) is 8.42 Å². The number of nitrogen functional groups attached to an aromatic ring is 1. The first kappa shape index (κ1) is 18.1. The molecule has 2 rings (SSSR count). The van der Waals surface area contributed by atoms with Crippen LogP contribution in [0.15, 0.2) is 47.4 Å². The van der Waals surface area contributed by atoms with Crippen LogP contribution in [0.4, 0.5) is 5.69 Å². The molecule has 0 aromatic heterocycles. The molecule has 0 fully saturated rings. The molecule has 0 bridgehead atoms. The first-order chi connectivity index (χ1) is 11.3. The minimum atomic E-state index is -3.60. The molecular weight excluding hydrogens is 328 g/mol. The number of methoxy groups -OCH3 is 1. The standard InChI is InChI=1S/C17H22N2O4S/c1-12(2)23-16-9-4-13(10-17(16)22-3)11-19-24(20,21)15-7-5-14(18)6-8-15/h4-10,12,19H,11,18H2,1-3H3. The topological polar surface area (TPSA) is 90.7 Å². The Balaban J connectivity index is 2.12. The van der Waals surface area contributed by atoms with Gasteiger partial charge in [0.15, 0.2) is 11.5 Å². The highest BCUT2D eigenvalue weighted by atomic mass is 32.2. The van der Waals surface area contributed by atoms with Gasteiger partial charge in [0.2, 0.25) is 10.0 Å². The smallest absolute Gasteiger partial charge is 0.240 e. The molecule has 0 aliphatic heterocycles. The Morgan fingerprint density at radius 2 is 1.75 bits per heavy atom. The zero-order valence-corrected chi connectivity index (χ0v) is 14.8. The lowest BCUT2D eigenvalue weighted by Crippen LogP contribution is -2.23. The van der Waals surface area contributed by atoms with Gasteiger partial charge in [-0.1, -0.05) is 6.07 Å². The summed E-state index contributed by atoms with van der Waals surface area (Å²) in [7, 11) is -2.06. The summed E-state index contributed by atoms with van der Waals surface area (Å²) in [5.74, 6) is 1.19. The summed E-state index contributed by atoms with van der Waals surface area (Å²) in [5.41, 5.74) is 6.85. The van der Waals surface area contributed by atoms with Crippen LogP contribution < -0.4 is 19.9 Å². The van der Waals surface area contributed by atoms with E-state index >= 15 is 0 Å².